The van der Waals surface area contributed by atoms with Gasteiger partial charge >= 0.3 is 0 Å². The lowest BCUT2D eigenvalue weighted by atomic mass is 10.1. The largest absolute Gasteiger partial charge is 0.493 e. The van der Waals surface area contributed by atoms with Crippen molar-refractivity contribution in [3.8, 4) is 22.9 Å². The third-order valence-electron chi connectivity index (χ3n) is 5.23. The minimum Gasteiger partial charge on any atom is -0.493 e. The predicted octanol–water partition coefficient (Wildman–Crippen LogP) is 4.21. The van der Waals surface area contributed by atoms with Gasteiger partial charge in [0.05, 0.1) is 23.2 Å². The molecular weight excluding hydrogens is 456 g/mol. The Kier molecular flexibility index (Phi) is 9.62. The zero-order chi connectivity index (χ0) is 25.9. The number of hydrogen-bond acceptors (Lipinski definition) is 8. The van der Waals surface area contributed by atoms with Crippen LogP contribution < -0.4 is 25.8 Å². The first kappa shape index (κ1) is 26.5. The van der Waals surface area contributed by atoms with Crippen molar-refractivity contribution in [3.63, 3.8) is 0 Å². The highest BCUT2D eigenvalue weighted by Gasteiger charge is 2.16. The molecule has 0 unspecified atom stereocenters. The lowest BCUT2D eigenvalue weighted by molar-refractivity contribution is -0.123. The Morgan fingerprint density at radius 1 is 1.17 bits per heavy atom. The van der Waals surface area contributed by atoms with Crippen LogP contribution in [-0.2, 0) is 4.79 Å². The first-order valence-corrected chi connectivity index (χ1v) is 12.0. The van der Waals surface area contributed by atoms with E-state index in [1.165, 1.54) is 6.20 Å². The second kappa shape index (κ2) is 13.1. The molecule has 1 aromatic heterocycles. The molecule has 0 fully saturated rings. The molecule has 0 atom stereocenters. The summed E-state index contributed by atoms with van der Waals surface area (Å²) in [5.74, 6) is 2.10. The minimum absolute atomic E-state index is 0.0591. The Hall–Kier alpha value is -4.14. The Morgan fingerprint density at radius 2 is 2.00 bits per heavy atom. The van der Waals surface area contributed by atoms with E-state index in [1.54, 1.807) is 19.3 Å². The molecule has 0 aliphatic carbocycles. The number of unbranched alkanes of at least 4 members (excludes halogenated alkanes) is 1. The third kappa shape index (κ3) is 6.94. The van der Waals surface area contributed by atoms with Crippen LogP contribution in [0.3, 0.4) is 0 Å². The highest BCUT2D eigenvalue weighted by atomic mass is 16.5. The molecule has 0 saturated carbocycles. The number of hydrogen-bond donors (Lipinski definition) is 3. The lowest BCUT2D eigenvalue weighted by Gasteiger charge is -2.15. The van der Waals surface area contributed by atoms with E-state index in [0.717, 1.165) is 34.9 Å². The molecule has 0 spiro atoms. The SMILES string of the molecule is CCCCNC(=O)COc1cccc(-c2nc(N/C(C=NC)=C/N)c3c(OCC)cc(C)cc3n2)c1. The average molecular weight is 491 g/mol. The highest BCUT2D eigenvalue weighted by molar-refractivity contribution is 5.98. The number of nitrogens with one attached hydrogen (secondary N) is 2. The number of anilines is 1. The molecule has 1 amide bonds. The van der Waals surface area contributed by atoms with Crippen molar-refractivity contribution in [3.05, 3.63) is 53.9 Å². The van der Waals surface area contributed by atoms with Gasteiger partial charge in [0, 0.05) is 31.6 Å². The quantitative estimate of drug-likeness (QED) is 0.257. The fourth-order valence-corrected chi connectivity index (χ4v) is 3.57. The van der Waals surface area contributed by atoms with Gasteiger partial charge in [-0.25, -0.2) is 9.97 Å². The smallest absolute Gasteiger partial charge is 0.257 e. The summed E-state index contributed by atoms with van der Waals surface area (Å²) in [7, 11) is 1.67. The van der Waals surface area contributed by atoms with Crippen LogP contribution in [0.4, 0.5) is 5.82 Å². The number of benzene rings is 2. The molecule has 9 nitrogen and oxygen atoms in total. The molecule has 0 saturated heterocycles. The number of aromatic nitrogens is 2. The van der Waals surface area contributed by atoms with Gasteiger partial charge in [0.15, 0.2) is 12.4 Å². The normalized spacial score (nSPS) is 11.6. The molecule has 0 radical (unpaired) electrons. The summed E-state index contributed by atoms with van der Waals surface area (Å²) in [6, 6.07) is 11.3. The maximum atomic E-state index is 12.0. The first-order valence-electron chi connectivity index (χ1n) is 12.0. The number of amides is 1. The number of ether oxygens (including phenoxy) is 2. The van der Waals surface area contributed by atoms with Gasteiger partial charge in [0.25, 0.3) is 5.91 Å². The number of nitrogens with zero attached hydrogens (tertiary/aromatic N) is 3. The summed E-state index contributed by atoms with van der Waals surface area (Å²) in [6.07, 6.45) is 5.00. The molecule has 4 N–H and O–H groups in total. The molecule has 0 aliphatic rings. The van der Waals surface area contributed by atoms with Crippen LogP contribution in [0.25, 0.3) is 22.3 Å². The molecule has 3 rings (SSSR count). The van der Waals surface area contributed by atoms with Crippen molar-refractivity contribution in [1.82, 2.24) is 15.3 Å². The van der Waals surface area contributed by atoms with Crippen molar-refractivity contribution < 1.29 is 14.3 Å². The molecule has 2 aromatic carbocycles. The number of allylic oxidation sites excluding steroid dienone is 1. The average Bonchev–Trinajstić information content (AvgIpc) is 2.87. The monoisotopic (exact) mass is 490 g/mol. The maximum Gasteiger partial charge on any atom is 0.257 e. The standard InChI is InChI=1S/C27H34N6O3/c1-5-7-11-30-24(34)17-36-21-10-8-9-19(14-21)26-32-22-12-18(3)13-23(35-6-2)25(22)27(33-26)31-20(15-28)16-29-4/h8-10,12-16H,5-7,11,17,28H2,1-4H3,(H,30,34)(H,31,32,33)/b20-15+,29-16?. The van der Waals surface area contributed by atoms with E-state index in [-0.39, 0.29) is 12.5 Å². The van der Waals surface area contributed by atoms with E-state index in [0.29, 0.717) is 42.0 Å². The second-order valence-corrected chi connectivity index (χ2v) is 8.14. The number of carbonyl (C=O) groups is 1. The summed E-state index contributed by atoms with van der Waals surface area (Å²) in [5.41, 5.74) is 8.85. The van der Waals surface area contributed by atoms with E-state index in [4.69, 9.17) is 25.2 Å². The summed E-state index contributed by atoms with van der Waals surface area (Å²) in [5, 5.41) is 6.84. The van der Waals surface area contributed by atoms with Crippen LogP contribution >= 0.6 is 0 Å². The van der Waals surface area contributed by atoms with Gasteiger partial charge in [-0.05, 0) is 50.1 Å². The zero-order valence-electron chi connectivity index (χ0n) is 21.3. The fourth-order valence-electron chi connectivity index (χ4n) is 3.57. The zero-order valence-corrected chi connectivity index (χ0v) is 21.3. The van der Waals surface area contributed by atoms with Gasteiger partial charge < -0.3 is 25.8 Å². The summed E-state index contributed by atoms with van der Waals surface area (Å²) < 4.78 is 11.6. The van der Waals surface area contributed by atoms with Crippen LogP contribution in [0.1, 0.15) is 32.3 Å². The maximum absolute atomic E-state index is 12.0. The minimum atomic E-state index is -0.153. The molecule has 36 heavy (non-hydrogen) atoms. The lowest BCUT2D eigenvalue weighted by Crippen LogP contribution is -2.29. The first-order chi connectivity index (χ1) is 17.5. The Labute approximate surface area is 211 Å². The molecular formula is C27H34N6O3. The highest BCUT2D eigenvalue weighted by Crippen LogP contribution is 2.34. The van der Waals surface area contributed by atoms with Crippen molar-refractivity contribution >= 4 is 28.8 Å². The molecule has 1 heterocycles. The van der Waals surface area contributed by atoms with E-state index in [9.17, 15) is 4.79 Å². The molecule has 190 valence electrons. The van der Waals surface area contributed by atoms with Crippen LogP contribution in [0.5, 0.6) is 11.5 Å². The number of aliphatic imine (C=N–C) groups is 1. The van der Waals surface area contributed by atoms with E-state index in [2.05, 4.69) is 22.5 Å². The number of aryl methyl sites for hydroxylation is 1. The number of fused-ring (bicyclic) bond motifs is 1. The van der Waals surface area contributed by atoms with Crippen molar-refractivity contribution in [2.24, 2.45) is 10.7 Å². The van der Waals surface area contributed by atoms with Crippen LogP contribution in [0.2, 0.25) is 0 Å². The summed E-state index contributed by atoms with van der Waals surface area (Å²) in [4.78, 5) is 25.7. The van der Waals surface area contributed by atoms with E-state index < -0.39 is 0 Å². The van der Waals surface area contributed by atoms with Gasteiger partial charge in [-0.1, -0.05) is 25.5 Å². The number of rotatable bonds is 12. The van der Waals surface area contributed by atoms with Gasteiger partial charge in [-0.15, -0.1) is 0 Å². The molecule has 0 aliphatic heterocycles. The van der Waals surface area contributed by atoms with Crippen molar-refractivity contribution in [2.75, 3.05) is 32.1 Å². The van der Waals surface area contributed by atoms with E-state index in [1.807, 2.05) is 44.2 Å². The van der Waals surface area contributed by atoms with Crippen LogP contribution in [0, 0.1) is 6.92 Å². The van der Waals surface area contributed by atoms with Gasteiger partial charge in [-0.3, -0.25) is 9.79 Å². The number of carbonyl (C=O) groups excluding carboxylic acids is 1. The number of nitrogens with two attached hydrogens (primary N) is 1. The van der Waals surface area contributed by atoms with Crippen LogP contribution in [0.15, 0.2) is 53.3 Å². The fraction of sp³-hybridized carbons (Fsp3) is 0.333. The summed E-state index contributed by atoms with van der Waals surface area (Å²) in [6.45, 7) is 7.09. The van der Waals surface area contributed by atoms with Crippen molar-refractivity contribution in [1.29, 1.82) is 0 Å². The Bertz CT molecular complexity index is 1260. The predicted molar refractivity (Wildman–Crippen MR) is 145 cm³/mol. The van der Waals surface area contributed by atoms with Crippen molar-refractivity contribution in [2.45, 2.75) is 33.6 Å². The Balaban J connectivity index is 2.00. The Morgan fingerprint density at radius 3 is 2.72 bits per heavy atom. The second-order valence-electron chi connectivity index (χ2n) is 8.14. The van der Waals surface area contributed by atoms with Crippen LogP contribution in [-0.4, -0.2) is 48.9 Å². The summed E-state index contributed by atoms with van der Waals surface area (Å²) >= 11 is 0. The van der Waals surface area contributed by atoms with Gasteiger partial charge in [-0.2, -0.15) is 0 Å². The molecule has 3 aromatic rings. The van der Waals surface area contributed by atoms with Gasteiger partial charge in [0.2, 0.25) is 0 Å². The topological polar surface area (TPSA) is 124 Å². The molecule has 9 heteroatoms. The third-order valence-corrected chi connectivity index (χ3v) is 5.23. The van der Waals surface area contributed by atoms with Gasteiger partial charge in [0.1, 0.15) is 17.3 Å². The van der Waals surface area contributed by atoms with E-state index >= 15 is 0 Å². The molecule has 0 bridgehead atoms.